The Kier molecular flexibility index (Phi) is 6.80. The van der Waals surface area contributed by atoms with Gasteiger partial charge in [0.2, 0.25) is 0 Å². The van der Waals surface area contributed by atoms with E-state index in [1.165, 1.54) is 66.0 Å². The molecule has 0 spiro atoms. The average Bonchev–Trinajstić information content (AvgIpc) is 3.10. The van der Waals surface area contributed by atoms with Gasteiger partial charge in [0, 0.05) is 0 Å². The van der Waals surface area contributed by atoms with Crippen LogP contribution >= 0.6 is 37.2 Å². The predicted octanol–water partition coefficient (Wildman–Crippen LogP) is 4.24. The molecule has 5 heteroatoms. The Bertz CT molecular complexity index is 1190. The second kappa shape index (κ2) is 8.32. The molecule has 131 valence electrons. The van der Waals surface area contributed by atoms with Crippen LogP contribution in [0.15, 0.2) is 60.7 Å². The quantitative estimate of drug-likeness (QED) is 0.491. The van der Waals surface area contributed by atoms with Crippen LogP contribution in [-0.4, -0.2) is 4.57 Å². The summed E-state index contributed by atoms with van der Waals surface area (Å²) in [4.78, 5) is 0. The SMILES string of the molecule is Cl.Cl.Cl.[Zr][C]1=c2ccccc2=c2c1c1c(n2-c2ccccc2)=CCC=C1. The van der Waals surface area contributed by atoms with E-state index in [0.29, 0.717) is 0 Å². The van der Waals surface area contributed by atoms with Gasteiger partial charge in [-0.1, -0.05) is 0 Å². The fourth-order valence-corrected chi connectivity index (χ4v) is 4.90. The second-order valence-corrected chi connectivity index (χ2v) is 7.19. The number of aromatic nitrogens is 1. The van der Waals surface area contributed by atoms with Crippen molar-refractivity contribution in [3.05, 3.63) is 92.9 Å². The Morgan fingerprint density at radius 1 is 0.808 bits per heavy atom. The van der Waals surface area contributed by atoms with E-state index in [1.807, 2.05) is 0 Å². The predicted molar refractivity (Wildman–Crippen MR) is 112 cm³/mol. The molecule has 0 bridgehead atoms. The van der Waals surface area contributed by atoms with Crippen molar-refractivity contribution in [1.82, 2.24) is 4.57 Å². The first kappa shape index (κ1) is 21.3. The monoisotopic (exact) mass is 478 g/mol. The summed E-state index contributed by atoms with van der Waals surface area (Å²) < 4.78 is 3.93. The van der Waals surface area contributed by atoms with Crippen molar-refractivity contribution in [2.24, 2.45) is 0 Å². The van der Waals surface area contributed by atoms with Gasteiger partial charge in [-0.25, -0.2) is 0 Å². The molecule has 1 aromatic heterocycles. The summed E-state index contributed by atoms with van der Waals surface area (Å²) in [5, 5.41) is 5.49. The standard InChI is InChI=1S/C21H14N.3ClH.Zr/c1-2-9-16(10-3-1)22-20-13-7-6-12-18(20)19-14-15-8-4-5-11-17(15)21(19)22;;;;/h1-6,8-13H,7H2;3*1H;. The first-order valence-electron chi connectivity index (χ1n) is 7.89. The average molecular weight is 481 g/mol. The Hall–Kier alpha value is -1.05. The van der Waals surface area contributed by atoms with E-state index in [2.05, 4.69) is 77.4 Å². The minimum absolute atomic E-state index is 0. The first-order valence-corrected chi connectivity index (χ1v) is 9.12. The van der Waals surface area contributed by atoms with E-state index >= 15 is 0 Å². The van der Waals surface area contributed by atoms with Crippen LogP contribution in [0.25, 0.3) is 21.1 Å². The van der Waals surface area contributed by atoms with Crippen molar-refractivity contribution >= 4 is 52.7 Å². The number of fused-ring (bicyclic) bond motifs is 4. The van der Waals surface area contributed by atoms with Crippen LogP contribution in [0.1, 0.15) is 17.5 Å². The van der Waals surface area contributed by atoms with Crippen molar-refractivity contribution in [3.63, 3.8) is 0 Å². The molecule has 0 aliphatic heterocycles. The molecule has 0 radical (unpaired) electrons. The first-order chi connectivity index (χ1) is 11.4. The third-order valence-electron chi connectivity index (χ3n) is 4.69. The topological polar surface area (TPSA) is 4.93 Å². The second-order valence-electron chi connectivity index (χ2n) is 5.96. The fraction of sp³-hybridized carbons (Fsp3) is 0.0476. The molecule has 0 amide bonds. The Morgan fingerprint density at radius 3 is 2.19 bits per heavy atom. The number of halogens is 3. The van der Waals surface area contributed by atoms with Gasteiger partial charge >= 0.3 is 150 Å². The molecule has 3 aromatic rings. The van der Waals surface area contributed by atoms with Gasteiger partial charge in [0.25, 0.3) is 0 Å². The maximum atomic E-state index is 2.45. The van der Waals surface area contributed by atoms with Gasteiger partial charge in [-0.2, -0.15) is 0 Å². The van der Waals surface area contributed by atoms with Gasteiger partial charge in [-0.3, -0.25) is 0 Å². The van der Waals surface area contributed by atoms with Crippen LogP contribution in [0.5, 0.6) is 0 Å². The molecule has 2 aromatic carbocycles. The van der Waals surface area contributed by atoms with E-state index in [4.69, 9.17) is 0 Å². The Labute approximate surface area is 185 Å². The fourth-order valence-electron chi connectivity index (χ4n) is 3.74. The molecule has 1 nitrogen and oxygen atoms in total. The van der Waals surface area contributed by atoms with Crippen molar-refractivity contribution in [3.8, 4) is 5.69 Å². The summed E-state index contributed by atoms with van der Waals surface area (Å²) >= 11 is 1.48. The summed E-state index contributed by atoms with van der Waals surface area (Å²) in [6.07, 6.45) is 7.94. The zero-order chi connectivity index (χ0) is 15.4. The maximum absolute atomic E-state index is 2.45. The molecule has 0 unspecified atom stereocenters. The Balaban J connectivity index is 0.000000810. The van der Waals surface area contributed by atoms with Gasteiger partial charge in [0.05, 0.1) is 0 Å². The zero-order valence-electron chi connectivity index (χ0n) is 13.8. The molecular weight excluding hydrogens is 464 g/mol. The zero-order valence-corrected chi connectivity index (χ0v) is 18.7. The summed E-state index contributed by atoms with van der Waals surface area (Å²) in [6.45, 7) is 0. The number of hydrogen-bond donors (Lipinski definition) is 0. The molecular formula is C21H17Cl3NZr. The number of allylic oxidation sites excluding steroid dienone is 1. The van der Waals surface area contributed by atoms with Crippen LogP contribution in [0.2, 0.25) is 0 Å². The van der Waals surface area contributed by atoms with Crippen LogP contribution in [0.3, 0.4) is 0 Å². The summed E-state index contributed by atoms with van der Waals surface area (Å²) in [6, 6.07) is 19.6. The summed E-state index contributed by atoms with van der Waals surface area (Å²) in [7, 11) is 0. The van der Waals surface area contributed by atoms with Crippen LogP contribution in [-0.2, 0) is 24.7 Å². The summed E-state index contributed by atoms with van der Waals surface area (Å²) in [5.41, 5.74) is 4.07. The van der Waals surface area contributed by atoms with Gasteiger partial charge in [-0.05, 0) is 0 Å². The minimum atomic E-state index is 0. The van der Waals surface area contributed by atoms with Crippen molar-refractivity contribution < 1.29 is 24.7 Å². The van der Waals surface area contributed by atoms with Crippen LogP contribution in [0.4, 0.5) is 0 Å². The molecule has 2 aliphatic carbocycles. The van der Waals surface area contributed by atoms with Crippen LogP contribution in [0, 0.1) is 10.6 Å². The van der Waals surface area contributed by atoms with Crippen molar-refractivity contribution in [2.75, 3.05) is 0 Å². The number of hydrogen-bond acceptors (Lipinski definition) is 0. The van der Waals surface area contributed by atoms with E-state index in [-0.39, 0.29) is 37.2 Å². The third-order valence-corrected chi connectivity index (χ3v) is 5.97. The van der Waals surface area contributed by atoms with Gasteiger partial charge in [0.15, 0.2) is 0 Å². The molecule has 26 heavy (non-hydrogen) atoms. The van der Waals surface area contributed by atoms with Crippen molar-refractivity contribution in [1.29, 1.82) is 0 Å². The molecule has 5 rings (SSSR count). The van der Waals surface area contributed by atoms with Crippen molar-refractivity contribution in [2.45, 2.75) is 6.42 Å². The third kappa shape index (κ3) is 2.98. The number of rotatable bonds is 1. The molecule has 2 aliphatic rings. The normalized spacial score (nSPS) is 12.5. The van der Waals surface area contributed by atoms with Crippen LogP contribution < -0.4 is 10.6 Å². The van der Waals surface area contributed by atoms with Gasteiger partial charge < -0.3 is 0 Å². The number of benzene rings is 2. The summed E-state index contributed by atoms with van der Waals surface area (Å²) in [5.74, 6) is 0. The Morgan fingerprint density at radius 2 is 1.46 bits per heavy atom. The van der Waals surface area contributed by atoms with E-state index < -0.39 is 0 Å². The molecule has 0 N–H and O–H groups in total. The van der Waals surface area contributed by atoms with E-state index in [0.717, 1.165) is 6.42 Å². The van der Waals surface area contributed by atoms with E-state index in [9.17, 15) is 0 Å². The molecule has 0 fully saturated rings. The number of nitrogens with zero attached hydrogens (tertiary/aromatic N) is 1. The van der Waals surface area contributed by atoms with Gasteiger partial charge in [-0.15, -0.1) is 37.2 Å². The molecule has 1 heterocycles. The van der Waals surface area contributed by atoms with Gasteiger partial charge in [0.1, 0.15) is 0 Å². The molecule has 0 saturated carbocycles. The number of para-hydroxylation sites is 1. The van der Waals surface area contributed by atoms with E-state index in [1.54, 1.807) is 0 Å². The molecule has 0 saturated heterocycles. The molecule has 0 atom stereocenters.